The first-order valence-corrected chi connectivity index (χ1v) is 6.49. The third-order valence-electron chi connectivity index (χ3n) is 4.55. The van der Waals surface area contributed by atoms with Crippen LogP contribution in [0.3, 0.4) is 0 Å². The molecule has 2 fully saturated rings. The lowest BCUT2D eigenvalue weighted by atomic mass is 9.89. The molecule has 17 heavy (non-hydrogen) atoms. The Morgan fingerprint density at radius 3 is 2.71 bits per heavy atom. The Bertz CT molecular complexity index is 413. The monoisotopic (exact) mass is 236 g/mol. The first-order valence-electron chi connectivity index (χ1n) is 6.49. The standard InChI is InChI=1S/C13H20N2O2/c1-13(2,16-3)12-14-11(17-15-12)10-7-8-4-5-9(10)6-8/h8-10H,4-7H2,1-3H3. The summed E-state index contributed by atoms with van der Waals surface area (Å²) in [5.74, 6) is 3.67. The minimum atomic E-state index is -0.459. The Morgan fingerprint density at radius 1 is 1.29 bits per heavy atom. The average Bonchev–Trinajstić information content (AvgIpc) is 3.03. The summed E-state index contributed by atoms with van der Waals surface area (Å²) in [5, 5.41) is 4.08. The molecular formula is C13H20N2O2. The van der Waals surface area contributed by atoms with Gasteiger partial charge in [-0.1, -0.05) is 11.6 Å². The van der Waals surface area contributed by atoms with E-state index < -0.39 is 5.60 Å². The highest BCUT2D eigenvalue weighted by molar-refractivity contribution is 5.07. The summed E-state index contributed by atoms with van der Waals surface area (Å²) in [6, 6.07) is 0. The van der Waals surface area contributed by atoms with Crippen molar-refractivity contribution in [1.82, 2.24) is 10.1 Å². The molecule has 3 rings (SSSR count). The van der Waals surface area contributed by atoms with Crippen LogP contribution in [0.4, 0.5) is 0 Å². The van der Waals surface area contributed by atoms with Gasteiger partial charge in [-0.15, -0.1) is 0 Å². The number of rotatable bonds is 3. The van der Waals surface area contributed by atoms with Gasteiger partial charge in [0.05, 0.1) is 0 Å². The number of fused-ring (bicyclic) bond motifs is 2. The maximum atomic E-state index is 5.45. The quantitative estimate of drug-likeness (QED) is 0.809. The van der Waals surface area contributed by atoms with Crippen molar-refractivity contribution >= 4 is 0 Å². The smallest absolute Gasteiger partial charge is 0.230 e. The molecule has 0 N–H and O–H groups in total. The zero-order chi connectivity index (χ0) is 12.0. The second kappa shape index (κ2) is 3.80. The largest absolute Gasteiger partial charge is 0.371 e. The maximum Gasteiger partial charge on any atom is 0.230 e. The van der Waals surface area contributed by atoms with Crippen LogP contribution >= 0.6 is 0 Å². The van der Waals surface area contributed by atoms with E-state index in [9.17, 15) is 0 Å². The number of methoxy groups -OCH3 is 1. The maximum absolute atomic E-state index is 5.45. The topological polar surface area (TPSA) is 48.2 Å². The summed E-state index contributed by atoms with van der Waals surface area (Å²) >= 11 is 0. The third kappa shape index (κ3) is 1.79. The fourth-order valence-electron chi connectivity index (χ4n) is 3.27. The predicted molar refractivity (Wildman–Crippen MR) is 62.5 cm³/mol. The molecule has 94 valence electrons. The minimum Gasteiger partial charge on any atom is -0.371 e. The van der Waals surface area contributed by atoms with Crippen LogP contribution in [-0.4, -0.2) is 17.3 Å². The molecule has 1 aromatic rings. The number of aromatic nitrogens is 2. The minimum absolute atomic E-state index is 0.459. The van der Waals surface area contributed by atoms with E-state index in [1.54, 1.807) is 7.11 Å². The number of hydrogen-bond acceptors (Lipinski definition) is 4. The van der Waals surface area contributed by atoms with E-state index in [0.717, 1.165) is 17.7 Å². The molecule has 1 aromatic heterocycles. The van der Waals surface area contributed by atoms with E-state index in [-0.39, 0.29) is 0 Å². The Balaban J connectivity index is 1.81. The van der Waals surface area contributed by atoms with E-state index in [1.165, 1.54) is 25.7 Å². The van der Waals surface area contributed by atoms with Gasteiger partial charge in [0.2, 0.25) is 11.7 Å². The van der Waals surface area contributed by atoms with Gasteiger partial charge in [0.1, 0.15) is 5.60 Å². The van der Waals surface area contributed by atoms with Crippen molar-refractivity contribution in [3.8, 4) is 0 Å². The molecule has 0 aromatic carbocycles. The molecule has 0 radical (unpaired) electrons. The predicted octanol–water partition coefficient (Wildman–Crippen LogP) is 2.85. The van der Waals surface area contributed by atoms with E-state index in [4.69, 9.17) is 9.26 Å². The normalized spacial score (nSPS) is 32.3. The molecule has 3 atom stereocenters. The molecule has 4 heteroatoms. The number of ether oxygens (including phenoxy) is 1. The van der Waals surface area contributed by atoms with Crippen molar-refractivity contribution in [3.63, 3.8) is 0 Å². The average molecular weight is 236 g/mol. The van der Waals surface area contributed by atoms with Gasteiger partial charge in [0.15, 0.2) is 0 Å². The summed E-state index contributed by atoms with van der Waals surface area (Å²) in [5.41, 5.74) is -0.459. The Morgan fingerprint density at radius 2 is 2.12 bits per heavy atom. The molecule has 1 heterocycles. The first-order chi connectivity index (χ1) is 8.10. The number of hydrogen-bond donors (Lipinski definition) is 0. The summed E-state index contributed by atoms with van der Waals surface area (Å²) < 4.78 is 10.8. The second-order valence-electron chi connectivity index (χ2n) is 5.95. The molecule has 0 aliphatic heterocycles. The summed E-state index contributed by atoms with van der Waals surface area (Å²) in [4.78, 5) is 4.55. The highest BCUT2D eigenvalue weighted by atomic mass is 16.5. The van der Waals surface area contributed by atoms with Crippen molar-refractivity contribution < 1.29 is 9.26 Å². The van der Waals surface area contributed by atoms with Gasteiger partial charge < -0.3 is 9.26 Å². The van der Waals surface area contributed by atoms with Crippen molar-refractivity contribution in [2.45, 2.75) is 51.0 Å². The van der Waals surface area contributed by atoms with Crippen LogP contribution < -0.4 is 0 Å². The van der Waals surface area contributed by atoms with Crippen LogP contribution in [0.5, 0.6) is 0 Å². The number of nitrogens with zero attached hydrogens (tertiary/aromatic N) is 2. The van der Waals surface area contributed by atoms with E-state index in [1.807, 2.05) is 13.8 Å². The van der Waals surface area contributed by atoms with Gasteiger partial charge in [-0.2, -0.15) is 4.98 Å². The molecule has 3 unspecified atom stereocenters. The van der Waals surface area contributed by atoms with Crippen LogP contribution in [0, 0.1) is 11.8 Å². The van der Waals surface area contributed by atoms with Gasteiger partial charge in [-0.3, -0.25) is 0 Å². The first kappa shape index (κ1) is 11.2. The Kier molecular flexibility index (Phi) is 2.51. The lowest BCUT2D eigenvalue weighted by molar-refractivity contribution is 0.00973. The van der Waals surface area contributed by atoms with Crippen molar-refractivity contribution in [2.24, 2.45) is 11.8 Å². The summed E-state index contributed by atoms with van der Waals surface area (Å²) in [6.07, 6.45) is 5.32. The molecule has 0 saturated heterocycles. The van der Waals surface area contributed by atoms with E-state index >= 15 is 0 Å². The van der Waals surface area contributed by atoms with Gasteiger partial charge in [0.25, 0.3) is 0 Å². The van der Waals surface area contributed by atoms with Gasteiger partial charge in [0, 0.05) is 13.0 Å². The molecule has 2 aliphatic rings. The fourth-order valence-corrected chi connectivity index (χ4v) is 3.27. The van der Waals surface area contributed by atoms with E-state index in [0.29, 0.717) is 11.7 Å². The molecular weight excluding hydrogens is 216 g/mol. The lowest BCUT2D eigenvalue weighted by Crippen LogP contribution is -2.21. The Hall–Kier alpha value is -0.900. The summed E-state index contributed by atoms with van der Waals surface area (Å²) in [6.45, 7) is 3.92. The lowest BCUT2D eigenvalue weighted by Gasteiger charge is -2.18. The summed E-state index contributed by atoms with van der Waals surface area (Å²) in [7, 11) is 1.67. The zero-order valence-corrected chi connectivity index (χ0v) is 10.8. The molecule has 2 aliphatic carbocycles. The van der Waals surface area contributed by atoms with Crippen molar-refractivity contribution in [3.05, 3.63) is 11.7 Å². The fraction of sp³-hybridized carbons (Fsp3) is 0.846. The molecule has 4 nitrogen and oxygen atoms in total. The zero-order valence-electron chi connectivity index (χ0n) is 10.8. The molecule has 2 saturated carbocycles. The van der Waals surface area contributed by atoms with Crippen LogP contribution in [0.25, 0.3) is 0 Å². The van der Waals surface area contributed by atoms with Crippen molar-refractivity contribution in [2.75, 3.05) is 7.11 Å². The van der Waals surface area contributed by atoms with Crippen LogP contribution in [0.15, 0.2) is 4.52 Å². The van der Waals surface area contributed by atoms with Crippen LogP contribution in [0.2, 0.25) is 0 Å². The SMILES string of the molecule is COC(C)(C)c1noc(C2CC3CCC2C3)n1. The Labute approximate surface area is 102 Å². The molecule has 0 amide bonds. The third-order valence-corrected chi connectivity index (χ3v) is 4.55. The van der Waals surface area contributed by atoms with Gasteiger partial charge >= 0.3 is 0 Å². The van der Waals surface area contributed by atoms with Crippen LogP contribution in [-0.2, 0) is 10.3 Å². The van der Waals surface area contributed by atoms with Crippen LogP contribution in [0.1, 0.15) is 57.2 Å². The second-order valence-corrected chi connectivity index (χ2v) is 5.95. The highest BCUT2D eigenvalue weighted by Crippen LogP contribution is 2.52. The van der Waals surface area contributed by atoms with Crippen molar-refractivity contribution in [1.29, 1.82) is 0 Å². The molecule has 2 bridgehead atoms. The molecule has 0 spiro atoms. The van der Waals surface area contributed by atoms with E-state index in [2.05, 4.69) is 10.1 Å². The van der Waals surface area contributed by atoms with Gasteiger partial charge in [-0.25, -0.2) is 0 Å². The highest BCUT2D eigenvalue weighted by Gasteiger charge is 2.43. The van der Waals surface area contributed by atoms with Gasteiger partial charge in [-0.05, 0) is 44.9 Å².